The number of hydrogen-bond acceptors (Lipinski definition) is 3. The van der Waals surface area contributed by atoms with Gasteiger partial charge in [-0.05, 0) is 19.4 Å². The Labute approximate surface area is 61.1 Å². The molecule has 1 spiro atoms. The van der Waals surface area contributed by atoms with Gasteiger partial charge in [-0.2, -0.15) is 0 Å². The first kappa shape index (κ1) is 6.58. The summed E-state index contributed by atoms with van der Waals surface area (Å²) in [4.78, 5) is 0. The third-order valence-corrected chi connectivity index (χ3v) is 2.27. The number of nitrogens with one attached hydrogen (secondary N) is 2. The lowest BCUT2D eigenvalue weighted by atomic mass is 10.0. The van der Waals surface area contributed by atoms with Crippen LogP contribution in [0, 0.1) is 0 Å². The Bertz CT molecular complexity index is 113. The second-order valence-electron chi connectivity index (χ2n) is 3.05. The average Bonchev–Trinajstić information content (AvgIpc) is 2.39. The van der Waals surface area contributed by atoms with Crippen LogP contribution in [0.4, 0.5) is 0 Å². The molecule has 0 saturated carbocycles. The molecule has 0 radical (unpaired) electrons. The molecule has 0 aliphatic carbocycles. The van der Waals surface area contributed by atoms with Crippen LogP contribution in [0.5, 0.6) is 0 Å². The molecule has 2 rings (SSSR count). The third-order valence-electron chi connectivity index (χ3n) is 2.27. The SMILES string of the molecule is C1CNCC2(C1)NCCO2. The standard InChI is InChI=1S/C7H14N2O/c1-2-7(6-8-3-1)9-4-5-10-7/h8-9H,1-6H2. The Morgan fingerprint density at radius 2 is 2.30 bits per heavy atom. The van der Waals surface area contributed by atoms with E-state index in [1.165, 1.54) is 12.8 Å². The summed E-state index contributed by atoms with van der Waals surface area (Å²) >= 11 is 0. The molecule has 2 aliphatic rings. The Balaban J connectivity index is 1.98. The van der Waals surface area contributed by atoms with Crippen molar-refractivity contribution in [2.45, 2.75) is 18.6 Å². The zero-order valence-corrected chi connectivity index (χ0v) is 6.15. The van der Waals surface area contributed by atoms with Crippen molar-refractivity contribution < 1.29 is 4.74 Å². The van der Waals surface area contributed by atoms with E-state index >= 15 is 0 Å². The fraction of sp³-hybridized carbons (Fsp3) is 1.00. The van der Waals surface area contributed by atoms with Gasteiger partial charge in [0, 0.05) is 13.1 Å². The molecule has 2 aliphatic heterocycles. The number of piperidine rings is 1. The van der Waals surface area contributed by atoms with Crippen LogP contribution in [0.1, 0.15) is 12.8 Å². The minimum absolute atomic E-state index is 0.0122. The van der Waals surface area contributed by atoms with Crippen molar-refractivity contribution in [3.63, 3.8) is 0 Å². The molecular formula is C7H14N2O. The van der Waals surface area contributed by atoms with Crippen LogP contribution < -0.4 is 10.6 Å². The fourth-order valence-corrected chi connectivity index (χ4v) is 1.73. The molecule has 2 saturated heterocycles. The first-order valence-electron chi connectivity index (χ1n) is 4.01. The Morgan fingerprint density at radius 3 is 2.90 bits per heavy atom. The van der Waals surface area contributed by atoms with Crippen LogP contribution in [-0.4, -0.2) is 32.0 Å². The number of ether oxygens (including phenoxy) is 1. The summed E-state index contributed by atoms with van der Waals surface area (Å²) in [6, 6.07) is 0. The van der Waals surface area contributed by atoms with Crippen LogP contribution in [0.2, 0.25) is 0 Å². The molecule has 1 unspecified atom stereocenters. The molecule has 10 heavy (non-hydrogen) atoms. The van der Waals surface area contributed by atoms with E-state index in [-0.39, 0.29) is 5.72 Å². The summed E-state index contributed by atoms with van der Waals surface area (Å²) in [6.07, 6.45) is 2.40. The van der Waals surface area contributed by atoms with Gasteiger partial charge >= 0.3 is 0 Å². The van der Waals surface area contributed by atoms with Crippen molar-refractivity contribution in [2.24, 2.45) is 0 Å². The maximum atomic E-state index is 5.61. The van der Waals surface area contributed by atoms with Gasteiger partial charge in [0.1, 0.15) is 5.72 Å². The van der Waals surface area contributed by atoms with E-state index in [1.54, 1.807) is 0 Å². The molecule has 0 bridgehead atoms. The predicted molar refractivity (Wildman–Crippen MR) is 38.8 cm³/mol. The highest BCUT2D eigenvalue weighted by Crippen LogP contribution is 2.20. The summed E-state index contributed by atoms with van der Waals surface area (Å²) in [5.41, 5.74) is 0.0122. The van der Waals surface area contributed by atoms with E-state index in [9.17, 15) is 0 Å². The van der Waals surface area contributed by atoms with Gasteiger partial charge in [0.2, 0.25) is 0 Å². The van der Waals surface area contributed by atoms with Gasteiger partial charge in [-0.3, -0.25) is 5.32 Å². The van der Waals surface area contributed by atoms with Crippen LogP contribution in [0.3, 0.4) is 0 Å². The summed E-state index contributed by atoms with van der Waals surface area (Å²) in [5, 5.41) is 6.72. The lowest BCUT2D eigenvalue weighted by molar-refractivity contribution is -0.0275. The normalized spacial score (nSPS) is 40.8. The van der Waals surface area contributed by atoms with Gasteiger partial charge in [0.05, 0.1) is 6.61 Å². The number of hydrogen-bond donors (Lipinski definition) is 2. The fourth-order valence-electron chi connectivity index (χ4n) is 1.73. The molecule has 0 aromatic rings. The second-order valence-corrected chi connectivity index (χ2v) is 3.05. The average molecular weight is 142 g/mol. The lowest BCUT2D eigenvalue weighted by Gasteiger charge is -2.32. The van der Waals surface area contributed by atoms with Crippen molar-refractivity contribution in [3.8, 4) is 0 Å². The highest BCUT2D eigenvalue weighted by Gasteiger charge is 2.35. The Hall–Kier alpha value is -0.120. The molecule has 0 amide bonds. The molecule has 3 heteroatoms. The van der Waals surface area contributed by atoms with E-state index in [1.807, 2.05) is 0 Å². The van der Waals surface area contributed by atoms with Crippen LogP contribution in [0.25, 0.3) is 0 Å². The minimum Gasteiger partial charge on any atom is -0.358 e. The van der Waals surface area contributed by atoms with E-state index in [0.29, 0.717) is 0 Å². The molecule has 58 valence electrons. The molecule has 0 aromatic carbocycles. The monoisotopic (exact) mass is 142 g/mol. The largest absolute Gasteiger partial charge is 0.358 e. The van der Waals surface area contributed by atoms with E-state index in [4.69, 9.17) is 4.74 Å². The van der Waals surface area contributed by atoms with Gasteiger partial charge < -0.3 is 10.1 Å². The van der Waals surface area contributed by atoms with Crippen LogP contribution in [0.15, 0.2) is 0 Å². The van der Waals surface area contributed by atoms with Gasteiger partial charge in [-0.25, -0.2) is 0 Å². The maximum absolute atomic E-state index is 5.61. The minimum atomic E-state index is 0.0122. The van der Waals surface area contributed by atoms with Crippen molar-refractivity contribution in [1.29, 1.82) is 0 Å². The molecule has 2 fully saturated rings. The number of rotatable bonds is 0. The molecule has 0 aromatic heterocycles. The summed E-state index contributed by atoms with van der Waals surface area (Å²) in [6.45, 7) is 4.02. The van der Waals surface area contributed by atoms with Crippen LogP contribution in [-0.2, 0) is 4.74 Å². The van der Waals surface area contributed by atoms with Gasteiger partial charge in [-0.15, -0.1) is 0 Å². The first-order valence-corrected chi connectivity index (χ1v) is 4.01. The molecule has 1 atom stereocenters. The van der Waals surface area contributed by atoms with Gasteiger partial charge in [0.25, 0.3) is 0 Å². The lowest BCUT2D eigenvalue weighted by Crippen LogP contribution is -2.53. The summed E-state index contributed by atoms with van der Waals surface area (Å²) in [7, 11) is 0. The van der Waals surface area contributed by atoms with E-state index in [0.717, 1.165) is 26.2 Å². The maximum Gasteiger partial charge on any atom is 0.131 e. The second kappa shape index (κ2) is 2.49. The highest BCUT2D eigenvalue weighted by molar-refractivity contribution is 4.88. The van der Waals surface area contributed by atoms with Gasteiger partial charge in [-0.1, -0.05) is 0 Å². The molecule has 3 nitrogen and oxygen atoms in total. The Kier molecular flexibility index (Phi) is 1.64. The summed E-state index contributed by atoms with van der Waals surface area (Å²) in [5.74, 6) is 0. The van der Waals surface area contributed by atoms with E-state index in [2.05, 4.69) is 10.6 Å². The van der Waals surface area contributed by atoms with Gasteiger partial charge in [0.15, 0.2) is 0 Å². The van der Waals surface area contributed by atoms with Crippen molar-refractivity contribution >= 4 is 0 Å². The molecule has 2 heterocycles. The van der Waals surface area contributed by atoms with Crippen LogP contribution >= 0.6 is 0 Å². The summed E-state index contributed by atoms with van der Waals surface area (Å²) < 4.78 is 5.61. The zero-order chi connectivity index (χ0) is 6.86. The smallest absolute Gasteiger partial charge is 0.131 e. The topological polar surface area (TPSA) is 33.3 Å². The van der Waals surface area contributed by atoms with Crippen molar-refractivity contribution in [2.75, 3.05) is 26.2 Å². The van der Waals surface area contributed by atoms with E-state index < -0.39 is 0 Å². The van der Waals surface area contributed by atoms with Crippen molar-refractivity contribution in [3.05, 3.63) is 0 Å². The first-order chi connectivity index (χ1) is 4.91. The Morgan fingerprint density at radius 1 is 1.30 bits per heavy atom. The third kappa shape index (κ3) is 1.05. The molecular weight excluding hydrogens is 128 g/mol. The predicted octanol–water partition coefficient (Wildman–Crippen LogP) is -0.314. The van der Waals surface area contributed by atoms with Crippen molar-refractivity contribution in [1.82, 2.24) is 10.6 Å². The zero-order valence-electron chi connectivity index (χ0n) is 6.15. The highest BCUT2D eigenvalue weighted by atomic mass is 16.5. The quantitative estimate of drug-likeness (QED) is 0.486. The molecule has 2 N–H and O–H groups in total.